The van der Waals surface area contributed by atoms with Crippen LogP contribution in [0.2, 0.25) is 0 Å². The number of aliphatic hydroxyl groups excluding tert-OH is 1. The number of hydrogen-bond donors (Lipinski definition) is 3. The summed E-state index contributed by atoms with van der Waals surface area (Å²) in [6.45, 7) is 6.25. The van der Waals surface area contributed by atoms with Crippen molar-refractivity contribution in [3.05, 3.63) is 0 Å². The van der Waals surface area contributed by atoms with Gasteiger partial charge in [0.2, 0.25) is 5.91 Å². The van der Waals surface area contributed by atoms with Crippen LogP contribution in [0.3, 0.4) is 0 Å². The molecule has 0 aromatic heterocycles. The van der Waals surface area contributed by atoms with Gasteiger partial charge in [-0.25, -0.2) is 0 Å². The molecular weight excluding hydrogens is 296 g/mol. The first kappa shape index (κ1) is 20.0. The van der Waals surface area contributed by atoms with Gasteiger partial charge in [0, 0.05) is 43.7 Å². The minimum Gasteiger partial charge on any atom is -0.396 e. The van der Waals surface area contributed by atoms with E-state index in [1.165, 1.54) is 0 Å². The highest BCUT2D eigenvalue weighted by atomic mass is 35.5. The number of amides is 1. The largest absolute Gasteiger partial charge is 0.396 e. The zero-order valence-corrected chi connectivity index (χ0v) is 14.2. The molecular formula is C14H29ClN2O2S. The molecule has 1 fully saturated rings. The van der Waals surface area contributed by atoms with Gasteiger partial charge < -0.3 is 15.7 Å². The Morgan fingerprint density at radius 1 is 1.50 bits per heavy atom. The molecule has 1 aliphatic heterocycles. The number of hydrogen-bond acceptors (Lipinski definition) is 4. The van der Waals surface area contributed by atoms with E-state index in [4.69, 9.17) is 5.11 Å². The van der Waals surface area contributed by atoms with Crippen LogP contribution in [0.15, 0.2) is 0 Å². The van der Waals surface area contributed by atoms with Crippen LogP contribution in [0.4, 0.5) is 0 Å². The van der Waals surface area contributed by atoms with E-state index < -0.39 is 0 Å². The van der Waals surface area contributed by atoms with Crippen molar-refractivity contribution in [1.29, 1.82) is 0 Å². The zero-order chi connectivity index (χ0) is 14.1. The maximum atomic E-state index is 11.9. The van der Waals surface area contributed by atoms with E-state index >= 15 is 0 Å². The first-order chi connectivity index (χ1) is 9.11. The van der Waals surface area contributed by atoms with E-state index in [9.17, 15) is 4.79 Å². The van der Waals surface area contributed by atoms with E-state index in [1.54, 1.807) is 0 Å². The number of aliphatic hydroxyl groups is 1. The molecule has 1 heterocycles. The van der Waals surface area contributed by atoms with Crippen LogP contribution in [0.5, 0.6) is 0 Å². The Labute approximate surface area is 133 Å². The number of halogens is 1. The molecule has 20 heavy (non-hydrogen) atoms. The fourth-order valence-corrected chi connectivity index (χ4v) is 3.41. The molecule has 4 nitrogen and oxygen atoms in total. The number of rotatable bonds is 8. The Morgan fingerprint density at radius 3 is 2.80 bits per heavy atom. The van der Waals surface area contributed by atoms with Gasteiger partial charge in [-0.2, -0.15) is 11.8 Å². The molecule has 0 aliphatic carbocycles. The Morgan fingerprint density at radius 2 is 2.25 bits per heavy atom. The number of carbonyl (C=O) groups is 1. The topological polar surface area (TPSA) is 61.4 Å². The monoisotopic (exact) mass is 324 g/mol. The second kappa shape index (κ2) is 11.7. The fraction of sp³-hybridized carbons (Fsp3) is 0.929. The van der Waals surface area contributed by atoms with Crippen molar-refractivity contribution in [3.8, 4) is 0 Å². The molecule has 1 aliphatic rings. The van der Waals surface area contributed by atoms with Crippen LogP contribution >= 0.6 is 24.2 Å². The summed E-state index contributed by atoms with van der Waals surface area (Å²) in [5, 5.41) is 15.4. The molecule has 2 atom stereocenters. The van der Waals surface area contributed by atoms with Gasteiger partial charge in [0.1, 0.15) is 0 Å². The minimum absolute atomic E-state index is 0. The summed E-state index contributed by atoms with van der Waals surface area (Å²) in [7, 11) is 0. The summed E-state index contributed by atoms with van der Waals surface area (Å²) >= 11 is 1.91. The third-order valence-electron chi connectivity index (χ3n) is 3.36. The van der Waals surface area contributed by atoms with Crippen molar-refractivity contribution < 1.29 is 9.90 Å². The average Bonchev–Trinajstić information content (AvgIpc) is 2.37. The highest BCUT2D eigenvalue weighted by Gasteiger charge is 2.17. The maximum absolute atomic E-state index is 11.9. The first-order valence-electron chi connectivity index (χ1n) is 7.30. The summed E-state index contributed by atoms with van der Waals surface area (Å²) in [6, 6.07) is 0.320. The van der Waals surface area contributed by atoms with Crippen molar-refractivity contribution in [2.45, 2.75) is 39.2 Å². The molecule has 0 aromatic rings. The molecule has 2 unspecified atom stereocenters. The summed E-state index contributed by atoms with van der Waals surface area (Å²) in [4.78, 5) is 11.9. The molecule has 0 spiro atoms. The Hall–Kier alpha value is 0.0300. The number of thioether (sulfide) groups is 1. The summed E-state index contributed by atoms with van der Waals surface area (Å²) < 4.78 is 0. The lowest BCUT2D eigenvalue weighted by atomic mass is 9.94. The van der Waals surface area contributed by atoms with Crippen LogP contribution < -0.4 is 10.6 Å². The third-order valence-corrected chi connectivity index (χ3v) is 4.49. The molecule has 0 radical (unpaired) electrons. The van der Waals surface area contributed by atoms with Crippen LogP contribution in [0.1, 0.15) is 33.1 Å². The van der Waals surface area contributed by atoms with Crippen molar-refractivity contribution in [2.75, 3.05) is 31.2 Å². The first-order valence-corrected chi connectivity index (χ1v) is 8.46. The average molecular weight is 325 g/mol. The van der Waals surface area contributed by atoms with Gasteiger partial charge in [-0.1, -0.05) is 13.8 Å². The number of carbonyl (C=O) groups excluding carboxylic acids is 1. The lowest BCUT2D eigenvalue weighted by Gasteiger charge is -2.23. The third kappa shape index (κ3) is 9.06. The Kier molecular flexibility index (Phi) is 11.7. The Bertz CT molecular complexity index is 262. The molecule has 120 valence electrons. The molecule has 0 bridgehead atoms. The van der Waals surface area contributed by atoms with Gasteiger partial charge in [-0.15, -0.1) is 12.4 Å². The van der Waals surface area contributed by atoms with E-state index in [-0.39, 0.29) is 24.9 Å². The molecule has 6 heteroatoms. The van der Waals surface area contributed by atoms with Crippen LogP contribution in [0.25, 0.3) is 0 Å². The van der Waals surface area contributed by atoms with Gasteiger partial charge >= 0.3 is 0 Å². The molecule has 1 rings (SSSR count). The van der Waals surface area contributed by atoms with Gasteiger partial charge in [-0.05, 0) is 24.7 Å². The fourth-order valence-electron chi connectivity index (χ4n) is 2.46. The smallest absolute Gasteiger partial charge is 0.221 e. The molecule has 3 N–H and O–H groups in total. The summed E-state index contributed by atoms with van der Waals surface area (Å²) in [5.74, 6) is 3.30. The van der Waals surface area contributed by atoms with E-state index in [2.05, 4.69) is 24.5 Å². The van der Waals surface area contributed by atoms with Gasteiger partial charge in [0.25, 0.3) is 0 Å². The predicted octanol–water partition coefficient (Wildman–Crippen LogP) is 1.66. The van der Waals surface area contributed by atoms with Gasteiger partial charge in [0.15, 0.2) is 0 Å². The minimum atomic E-state index is 0. The molecule has 0 aromatic carbocycles. The van der Waals surface area contributed by atoms with Gasteiger partial charge in [-0.3, -0.25) is 4.79 Å². The van der Waals surface area contributed by atoms with Crippen molar-refractivity contribution in [3.63, 3.8) is 0 Å². The van der Waals surface area contributed by atoms with E-state index in [1.807, 2.05) is 11.8 Å². The van der Waals surface area contributed by atoms with Crippen molar-refractivity contribution in [1.82, 2.24) is 10.6 Å². The van der Waals surface area contributed by atoms with Crippen molar-refractivity contribution in [2.24, 2.45) is 11.8 Å². The van der Waals surface area contributed by atoms with E-state index in [0.717, 1.165) is 30.9 Å². The standard InChI is InChI=1S/C14H28N2O2S.ClH/c1-11(2)7-12(3-5-17)9-16-14(18)8-13-10-19-6-4-15-13;/h11-13,15,17H,3-10H2,1-2H3,(H,16,18);1H. The number of nitrogens with one attached hydrogen (secondary N) is 2. The second-order valence-electron chi connectivity index (χ2n) is 5.74. The van der Waals surface area contributed by atoms with Crippen LogP contribution in [-0.4, -0.2) is 48.3 Å². The maximum Gasteiger partial charge on any atom is 0.221 e. The summed E-state index contributed by atoms with van der Waals surface area (Å²) in [6.07, 6.45) is 2.40. The second-order valence-corrected chi connectivity index (χ2v) is 6.89. The SMILES string of the molecule is CC(C)CC(CCO)CNC(=O)CC1CSCCN1.Cl. The molecule has 1 amide bonds. The molecule has 1 saturated heterocycles. The van der Waals surface area contributed by atoms with E-state index in [0.29, 0.717) is 30.8 Å². The zero-order valence-electron chi connectivity index (χ0n) is 12.6. The van der Waals surface area contributed by atoms with Crippen molar-refractivity contribution >= 4 is 30.1 Å². The highest BCUT2D eigenvalue weighted by molar-refractivity contribution is 7.99. The van der Waals surface area contributed by atoms with Crippen LogP contribution in [0, 0.1) is 11.8 Å². The summed E-state index contributed by atoms with van der Waals surface area (Å²) in [5.41, 5.74) is 0. The lowest BCUT2D eigenvalue weighted by Crippen LogP contribution is -2.42. The molecule has 0 saturated carbocycles. The Balaban J connectivity index is 0.00000361. The quantitative estimate of drug-likeness (QED) is 0.635. The lowest BCUT2D eigenvalue weighted by molar-refractivity contribution is -0.121. The predicted molar refractivity (Wildman–Crippen MR) is 88.6 cm³/mol. The highest BCUT2D eigenvalue weighted by Crippen LogP contribution is 2.14. The normalized spacial score (nSPS) is 20.3. The van der Waals surface area contributed by atoms with Crippen LogP contribution in [-0.2, 0) is 4.79 Å². The van der Waals surface area contributed by atoms with Gasteiger partial charge in [0.05, 0.1) is 0 Å².